The number of ether oxygens (including phenoxy) is 2. The largest absolute Gasteiger partial charge is 0.508 e. The first-order valence-electron chi connectivity index (χ1n) is 9.86. The van der Waals surface area contributed by atoms with Gasteiger partial charge in [-0.15, -0.1) is 0 Å². The molecule has 0 amide bonds. The predicted molar refractivity (Wildman–Crippen MR) is 109 cm³/mol. The van der Waals surface area contributed by atoms with E-state index in [0.29, 0.717) is 19.9 Å². The third-order valence-corrected chi connectivity index (χ3v) is 4.99. The fraction of sp³-hybridized carbons (Fsp3) is 0.455. The second kappa shape index (κ2) is 9.62. The Balaban J connectivity index is 1.84. The van der Waals surface area contributed by atoms with Crippen LogP contribution in [0, 0.1) is 0 Å². The molecule has 146 valence electrons. The number of phenolic OH excluding ortho intramolecular Hbond substituents is 1. The van der Waals surface area contributed by atoms with Gasteiger partial charge in [-0.3, -0.25) is 0 Å². The molecule has 0 spiro atoms. The fourth-order valence-corrected chi connectivity index (χ4v) is 3.52. The molecule has 1 aliphatic carbocycles. The van der Waals surface area contributed by atoms with E-state index in [2.05, 4.69) is 17.4 Å². The molecule has 1 fully saturated rings. The van der Waals surface area contributed by atoms with E-state index in [1.54, 1.807) is 6.07 Å². The molecule has 0 atom stereocenters. The molecule has 0 heterocycles. The van der Waals surface area contributed by atoms with Gasteiger partial charge >= 0.3 is 0 Å². The number of benzene rings is 2. The van der Waals surface area contributed by atoms with Gasteiger partial charge in [-0.2, -0.15) is 0 Å². The van der Waals surface area contributed by atoms with E-state index in [0.717, 1.165) is 41.0 Å². The van der Waals surface area contributed by atoms with Crippen molar-refractivity contribution in [1.82, 2.24) is 0 Å². The van der Waals surface area contributed by atoms with E-state index in [1.165, 1.54) is 19.3 Å². The van der Waals surface area contributed by atoms with Gasteiger partial charge in [0.25, 0.3) is 0 Å². The minimum absolute atomic E-state index is 0.254. The molecule has 0 bridgehead atoms. The van der Waals surface area contributed by atoms with Crippen LogP contribution >= 0.6 is 0 Å². The van der Waals surface area contributed by atoms with Crippen LogP contribution < -0.4 is 15.8 Å². The molecule has 27 heavy (non-hydrogen) atoms. The van der Waals surface area contributed by atoms with Crippen LogP contribution in [-0.2, 0) is 11.3 Å². The average Bonchev–Trinajstić information content (AvgIpc) is 2.70. The van der Waals surface area contributed by atoms with Crippen molar-refractivity contribution in [2.24, 2.45) is 5.73 Å². The van der Waals surface area contributed by atoms with E-state index >= 15 is 0 Å². The van der Waals surface area contributed by atoms with Crippen LogP contribution in [0.4, 0.5) is 5.69 Å². The lowest BCUT2D eigenvalue weighted by Gasteiger charge is -2.24. The van der Waals surface area contributed by atoms with Gasteiger partial charge in [0.15, 0.2) is 0 Å². The topological polar surface area (TPSA) is 76.7 Å². The molecule has 0 radical (unpaired) electrons. The standard InChI is InChI=1S/C22H30N2O3/c1-2-26-14-18-12-16(8-10-21(18)25)17-9-11-22(20(13-17)24-15-23)27-19-6-4-3-5-7-19/h8-13,19,24-25H,2-7,14-15,23H2,1H3. The van der Waals surface area contributed by atoms with Crippen LogP contribution in [-0.4, -0.2) is 24.5 Å². The normalized spacial score (nSPS) is 14.9. The van der Waals surface area contributed by atoms with Crippen molar-refractivity contribution in [3.63, 3.8) is 0 Å². The molecule has 1 aliphatic rings. The van der Waals surface area contributed by atoms with Crippen LogP contribution in [0.5, 0.6) is 11.5 Å². The lowest BCUT2D eigenvalue weighted by atomic mass is 9.97. The summed E-state index contributed by atoms with van der Waals surface area (Å²) in [6, 6.07) is 11.7. The second-order valence-electron chi connectivity index (χ2n) is 6.95. The molecular weight excluding hydrogens is 340 g/mol. The Morgan fingerprint density at radius 1 is 1.07 bits per heavy atom. The lowest BCUT2D eigenvalue weighted by molar-refractivity contribution is 0.132. The van der Waals surface area contributed by atoms with Crippen LogP contribution in [0.3, 0.4) is 0 Å². The predicted octanol–water partition coefficient (Wildman–Crippen LogP) is 4.64. The van der Waals surface area contributed by atoms with Gasteiger partial charge < -0.3 is 25.6 Å². The Hall–Kier alpha value is -2.24. The minimum atomic E-state index is 0.254. The van der Waals surface area contributed by atoms with Crippen LogP contribution in [0.25, 0.3) is 11.1 Å². The van der Waals surface area contributed by atoms with Crippen molar-refractivity contribution in [3.8, 4) is 22.6 Å². The number of aromatic hydroxyl groups is 1. The SMILES string of the molecule is CCOCc1cc(-c2ccc(OC3CCCCC3)c(NCN)c2)ccc1O. The minimum Gasteiger partial charge on any atom is -0.508 e. The Labute approximate surface area is 161 Å². The zero-order valence-corrected chi connectivity index (χ0v) is 16.0. The Bertz CT molecular complexity index is 742. The van der Waals surface area contributed by atoms with Crippen molar-refractivity contribution >= 4 is 5.69 Å². The first-order chi connectivity index (χ1) is 13.2. The number of nitrogens with two attached hydrogens (primary N) is 1. The average molecular weight is 370 g/mol. The number of nitrogens with one attached hydrogen (secondary N) is 1. The molecule has 5 heteroatoms. The van der Waals surface area contributed by atoms with Gasteiger partial charge in [0.1, 0.15) is 11.5 Å². The lowest BCUT2D eigenvalue weighted by Crippen LogP contribution is -2.21. The summed E-state index contributed by atoms with van der Waals surface area (Å²) in [7, 11) is 0. The first-order valence-corrected chi connectivity index (χ1v) is 9.86. The number of hydrogen-bond donors (Lipinski definition) is 3. The fourth-order valence-electron chi connectivity index (χ4n) is 3.52. The van der Waals surface area contributed by atoms with Gasteiger partial charge in [-0.25, -0.2) is 0 Å². The van der Waals surface area contributed by atoms with Crippen LogP contribution in [0.15, 0.2) is 36.4 Å². The van der Waals surface area contributed by atoms with Gasteiger partial charge in [0.05, 0.1) is 25.1 Å². The molecule has 0 saturated heterocycles. The second-order valence-corrected chi connectivity index (χ2v) is 6.95. The molecule has 5 nitrogen and oxygen atoms in total. The quantitative estimate of drug-likeness (QED) is 0.590. The summed E-state index contributed by atoms with van der Waals surface area (Å²) in [5, 5.41) is 13.3. The molecule has 0 unspecified atom stereocenters. The molecule has 4 N–H and O–H groups in total. The monoisotopic (exact) mass is 370 g/mol. The van der Waals surface area contributed by atoms with Crippen LogP contribution in [0.2, 0.25) is 0 Å². The zero-order chi connectivity index (χ0) is 19.1. The summed E-state index contributed by atoms with van der Waals surface area (Å²) in [6.07, 6.45) is 6.29. The van der Waals surface area contributed by atoms with E-state index in [-0.39, 0.29) is 11.9 Å². The third-order valence-electron chi connectivity index (χ3n) is 4.99. The van der Waals surface area contributed by atoms with Gasteiger partial charge in [-0.05, 0) is 68.0 Å². The number of hydrogen-bond acceptors (Lipinski definition) is 5. The number of rotatable bonds is 8. The Morgan fingerprint density at radius 3 is 2.56 bits per heavy atom. The van der Waals surface area contributed by atoms with Crippen LogP contribution in [0.1, 0.15) is 44.6 Å². The van der Waals surface area contributed by atoms with E-state index in [1.807, 2.05) is 25.1 Å². The molecular formula is C22H30N2O3. The first kappa shape index (κ1) is 19.5. The highest BCUT2D eigenvalue weighted by Gasteiger charge is 2.17. The van der Waals surface area contributed by atoms with Crippen molar-refractivity contribution in [1.29, 1.82) is 0 Å². The maximum Gasteiger partial charge on any atom is 0.142 e. The maximum atomic E-state index is 10.0. The van der Waals surface area contributed by atoms with Crippen molar-refractivity contribution in [2.75, 3.05) is 18.6 Å². The van der Waals surface area contributed by atoms with Crippen molar-refractivity contribution < 1.29 is 14.6 Å². The highest BCUT2D eigenvalue weighted by atomic mass is 16.5. The summed E-state index contributed by atoms with van der Waals surface area (Å²) in [5.74, 6) is 1.11. The van der Waals surface area contributed by atoms with Crippen molar-refractivity contribution in [3.05, 3.63) is 42.0 Å². The summed E-state index contributed by atoms with van der Waals surface area (Å²) in [5.41, 5.74) is 9.48. The Kier molecular flexibility index (Phi) is 6.96. The summed E-state index contributed by atoms with van der Waals surface area (Å²) < 4.78 is 11.7. The summed E-state index contributed by atoms with van der Waals surface area (Å²) in [6.45, 7) is 3.29. The molecule has 2 aromatic carbocycles. The molecule has 0 aliphatic heterocycles. The highest BCUT2D eigenvalue weighted by Crippen LogP contribution is 2.34. The van der Waals surface area contributed by atoms with E-state index in [4.69, 9.17) is 15.2 Å². The Morgan fingerprint density at radius 2 is 1.81 bits per heavy atom. The van der Waals surface area contributed by atoms with E-state index in [9.17, 15) is 5.11 Å². The summed E-state index contributed by atoms with van der Waals surface area (Å²) >= 11 is 0. The zero-order valence-electron chi connectivity index (χ0n) is 16.0. The number of phenols is 1. The number of anilines is 1. The molecule has 2 aromatic rings. The maximum absolute atomic E-state index is 10.0. The molecule has 0 aromatic heterocycles. The van der Waals surface area contributed by atoms with Gasteiger partial charge in [0, 0.05) is 12.2 Å². The molecule has 3 rings (SSSR count). The van der Waals surface area contributed by atoms with Crippen molar-refractivity contribution in [2.45, 2.75) is 51.7 Å². The molecule has 1 saturated carbocycles. The van der Waals surface area contributed by atoms with Gasteiger partial charge in [0.2, 0.25) is 0 Å². The third kappa shape index (κ3) is 5.15. The van der Waals surface area contributed by atoms with E-state index < -0.39 is 0 Å². The summed E-state index contributed by atoms with van der Waals surface area (Å²) in [4.78, 5) is 0. The van der Waals surface area contributed by atoms with Gasteiger partial charge in [-0.1, -0.05) is 18.6 Å². The highest BCUT2D eigenvalue weighted by molar-refractivity contribution is 5.73. The smallest absolute Gasteiger partial charge is 0.142 e.